The van der Waals surface area contributed by atoms with Crippen LogP contribution in [0, 0.1) is 11.6 Å². The van der Waals surface area contributed by atoms with Crippen molar-refractivity contribution in [3.05, 3.63) is 176 Å². The van der Waals surface area contributed by atoms with Gasteiger partial charge in [0.15, 0.2) is 23.1 Å². The van der Waals surface area contributed by atoms with Crippen LogP contribution in [0.25, 0.3) is 78.3 Å². The largest absolute Gasteiger partial charge is 0.494 e. The van der Waals surface area contributed by atoms with Crippen LogP contribution in [0.5, 0.6) is 5.75 Å². The minimum atomic E-state index is -0.492. The number of hydrogen-bond acceptors (Lipinski definition) is 7. The Balaban J connectivity index is 0.000000148. The van der Waals surface area contributed by atoms with Crippen molar-refractivity contribution >= 4 is 21.8 Å². The third kappa shape index (κ3) is 6.36. The van der Waals surface area contributed by atoms with Crippen molar-refractivity contribution in [1.29, 1.82) is 0 Å². The fourth-order valence-corrected chi connectivity index (χ4v) is 6.65. The van der Waals surface area contributed by atoms with Gasteiger partial charge in [0.1, 0.15) is 22.5 Å². The molecular weight excluding hydrogens is 711 g/mol. The molecule has 0 atom stereocenters. The number of fused-ring (bicyclic) bond motifs is 2. The summed E-state index contributed by atoms with van der Waals surface area (Å²) in [5.41, 5.74) is 8.00. The van der Waals surface area contributed by atoms with E-state index in [1.807, 2.05) is 95.8 Å². The Hall–Kier alpha value is -7.66. The smallest absolute Gasteiger partial charge is 0.174 e. The summed E-state index contributed by atoms with van der Waals surface area (Å²) in [6, 6.07) is 46.7. The topological polar surface area (TPSA) is 96.9 Å². The Morgan fingerprint density at radius 2 is 1.05 bits per heavy atom. The SMILES string of the molecule is COc1ccc(-c2onc3ccc(-c4ccnn4-c4ccccc4F)cc23)cc1F.c1ccc(-c2onc3ccc(-c4ccnn4-c4ccccc4)cc23)cc1. The minimum Gasteiger partial charge on any atom is -0.494 e. The zero-order chi connectivity index (χ0) is 38.0. The number of halogens is 2. The molecule has 0 radical (unpaired) electrons. The lowest BCUT2D eigenvalue weighted by Gasteiger charge is -2.09. The first kappa shape index (κ1) is 34.1. The van der Waals surface area contributed by atoms with Crippen molar-refractivity contribution < 1.29 is 22.6 Å². The predicted molar refractivity (Wildman–Crippen MR) is 210 cm³/mol. The highest BCUT2D eigenvalue weighted by Gasteiger charge is 2.18. The maximum absolute atomic E-state index is 14.3. The lowest BCUT2D eigenvalue weighted by Crippen LogP contribution is -2.01. The molecule has 4 aromatic heterocycles. The molecule has 9 nitrogen and oxygen atoms in total. The van der Waals surface area contributed by atoms with E-state index in [1.165, 1.54) is 30.0 Å². The van der Waals surface area contributed by atoms with E-state index in [0.29, 0.717) is 33.6 Å². The van der Waals surface area contributed by atoms with Crippen LogP contribution in [0.1, 0.15) is 0 Å². The second-order valence-electron chi connectivity index (χ2n) is 12.7. The number of para-hydroxylation sites is 2. The number of rotatable bonds is 7. The first-order chi connectivity index (χ1) is 27.6. The van der Waals surface area contributed by atoms with Crippen LogP contribution in [0.15, 0.2) is 173 Å². The zero-order valence-electron chi connectivity index (χ0n) is 29.8. The Labute approximate surface area is 318 Å². The Morgan fingerprint density at radius 3 is 1.68 bits per heavy atom. The second kappa shape index (κ2) is 14.6. The third-order valence-corrected chi connectivity index (χ3v) is 9.36. The Morgan fingerprint density at radius 1 is 0.500 bits per heavy atom. The van der Waals surface area contributed by atoms with Gasteiger partial charge in [-0.3, -0.25) is 0 Å². The van der Waals surface area contributed by atoms with Crippen LogP contribution >= 0.6 is 0 Å². The zero-order valence-corrected chi connectivity index (χ0v) is 29.8. The van der Waals surface area contributed by atoms with Gasteiger partial charge in [-0.05, 0) is 78.9 Å². The molecule has 4 heterocycles. The summed E-state index contributed by atoms with van der Waals surface area (Å²) in [5, 5.41) is 18.7. The number of methoxy groups -OCH3 is 1. The average molecular weight is 741 g/mol. The molecule has 10 aromatic rings. The summed E-state index contributed by atoms with van der Waals surface area (Å²) in [5.74, 6) is 0.506. The van der Waals surface area contributed by atoms with E-state index < -0.39 is 5.82 Å². The molecule has 56 heavy (non-hydrogen) atoms. The van der Waals surface area contributed by atoms with E-state index in [4.69, 9.17) is 13.8 Å². The monoisotopic (exact) mass is 740 g/mol. The van der Waals surface area contributed by atoms with E-state index >= 15 is 0 Å². The minimum absolute atomic E-state index is 0.150. The fourth-order valence-electron chi connectivity index (χ4n) is 6.65. The molecule has 0 N–H and O–H groups in total. The van der Waals surface area contributed by atoms with E-state index in [2.05, 4.69) is 32.6 Å². The molecule has 0 bridgehead atoms. The highest BCUT2D eigenvalue weighted by atomic mass is 19.1. The highest BCUT2D eigenvalue weighted by molar-refractivity contribution is 5.95. The van der Waals surface area contributed by atoms with Crippen molar-refractivity contribution in [3.8, 4) is 62.3 Å². The van der Waals surface area contributed by atoms with Crippen LogP contribution in [-0.4, -0.2) is 37.0 Å². The van der Waals surface area contributed by atoms with Gasteiger partial charge in [0.05, 0.1) is 47.4 Å². The Bertz CT molecular complexity index is 2950. The maximum Gasteiger partial charge on any atom is 0.174 e. The van der Waals surface area contributed by atoms with Crippen molar-refractivity contribution in [3.63, 3.8) is 0 Å². The maximum atomic E-state index is 14.3. The third-order valence-electron chi connectivity index (χ3n) is 9.36. The molecule has 0 aliphatic rings. The van der Waals surface area contributed by atoms with Crippen molar-refractivity contribution in [2.45, 2.75) is 0 Å². The van der Waals surface area contributed by atoms with Crippen LogP contribution < -0.4 is 4.74 Å². The van der Waals surface area contributed by atoms with E-state index in [9.17, 15) is 8.78 Å². The van der Waals surface area contributed by atoms with Gasteiger partial charge < -0.3 is 13.8 Å². The lowest BCUT2D eigenvalue weighted by atomic mass is 10.0. The highest BCUT2D eigenvalue weighted by Crippen LogP contribution is 2.35. The van der Waals surface area contributed by atoms with Gasteiger partial charge in [0.25, 0.3) is 0 Å². The number of ether oxygens (including phenoxy) is 1. The number of hydrogen-bond donors (Lipinski definition) is 0. The van der Waals surface area contributed by atoms with E-state index in [1.54, 1.807) is 42.6 Å². The molecule has 0 fully saturated rings. The van der Waals surface area contributed by atoms with Crippen molar-refractivity contribution in [1.82, 2.24) is 29.9 Å². The van der Waals surface area contributed by atoms with Crippen LogP contribution in [0.3, 0.4) is 0 Å². The molecule has 0 saturated heterocycles. The number of benzene rings is 6. The summed E-state index contributed by atoms with van der Waals surface area (Å²) < 4.78 is 48.1. The molecule has 0 spiro atoms. The molecular formula is C45H30F2N6O3. The van der Waals surface area contributed by atoms with Gasteiger partial charge in [0, 0.05) is 22.3 Å². The lowest BCUT2D eigenvalue weighted by molar-refractivity contribution is 0.386. The van der Waals surface area contributed by atoms with Crippen molar-refractivity contribution in [2.24, 2.45) is 0 Å². The summed E-state index contributed by atoms with van der Waals surface area (Å²) in [7, 11) is 1.41. The molecule has 10 rings (SSSR count). The first-order valence-electron chi connectivity index (χ1n) is 17.6. The number of aromatic nitrogens is 6. The fraction of sp³-hybridized carbons (Fsp3) is 0.0222. The molecule has 0 aliphatic carbocycles. The first-order valence-corrected chi connectivity index (χ1v) is 17.6. The summed E-state index contributed by atoms with van der Waals surface area (Å²) in [4.78, 5) is 0. The molecule has 0 aliphatic heterocycles. The Kier molecular flexibility index (Phi) is 8.92. The molecule has 0 amide bonds. The van der Waals surface area contributed by atoms with E-state index in [-0.39, 0.29) is 11.6 Å². The van der Waals surface area contributed by atoms with Gasteiger partial charge in [0.2, 0.25) is 0 Å². The molecule has 0 saturated carbocycles. The summed E-state index contributed by atoms with van der Waals surface area (Å²) in [6.07, 6.45) is 3.43. The summed E-state index contributed by atoms with van der Waals surface area (Å²) >= 11 is 0. The van der Waals surface area contributed by atoms with Gasteiger partial charge in [-0.15, -0.1) is 0 Å². The second-order valence-corrected chi connectivity index (χ2v) is 12.7. The van der Waals surface area contributed by atoms with Crippen LogP contribution in [0.2, 0.25) is 0 Å². The van der Waals surface area contributed by atoms with Gasteiger partial charge in [-0.2, -0.15) is 10.2 Å². The van der Waals surface area contributed by atoms with Gasteiger partial charge in [-0.1, -0.05) is 83.1 Å². The number of nitrogens with zero attached hydrogens (tertiary/aromatic N) is 6. The average Bonchev–Trinajstić information content (AvgIpc) is 4.08. The standard InChI is InChI=1S/C23H15F2N3O2.C22H15N3O/c1-29-22-9-7-15(13-18(22)25)23-16-12-14(6-8-19(16)27-30-23)20-10-11-26-28(20)21-5-3-2-4-17(21)24;1-3-7-16(8-4-1)22-19-15-17(11-12-20(19)24-26-22)21-13-14-23-25(21)18-9-5-2-6-10-18/h2-13H,1H3;1-15H. The predicted octanol–water partition coefficient (Wildman–Crippen LogP) is 11.0. The normalized spacial score (nSPS) is 11.1. The molecule has 11 heteroatoms. The molecule has 6 aromatic carbocycles. The molecule has 0 unspecified atom stereocenters. The van der Waals surface area contributed by atoms with Gasteiger partial charge in [-0.25, -0.2) is 18.1 Å². The van der Waals surface area contributed by atoms with Crippen molar-refractivity contribution in [2.75, 3.05) is 7.11 Å². The van der Waals surface area contributed by atoms with Gasteiger partial charge >= 0.3 is 0 Å². The van der Waals surface area contributed by atoms with Crippen LogP contribution in [-0.2, 0) is 0 Å². The molecule has 272 valence electrons. The van der Waals surface area contributed by atoms with E-state index in [0.717, 1.165) is 44.7 Å². The van der Waals surface area contributed by atoms with Crippen LogP contribution in [0.4, 0.5) is 8.78 Å². The quantitative estimate of drug-likeness (QED) is 0.160. The summed E-state index contributed by atoms with van der Waals surface area (Å²) in [6.45, 7) is 0.